The number of nitrogens with two attached hydrogens (primary N) is 1. The second-order valence-corrected chi connectivity index (χ2v) is 7.65. The minimum Gasteiger partial charge on any atom is -0.497 e. The molecule has 0 saturated carbocycles. The first kappa shape index (κ1) is 23.5. The maximum Gasteiger partial charge on any atom is 0.262 e. The predicted octanol–water partition coefficient (Wildman–Crippen LogP) is 5.60. The molecule has 0 aliphatic heterocycles. The lowest BCUT2D eigenvalue weighted by atomic mass is 9.99. The van der Waals surface area contributed by atoms with Gasteiger partial charge in [0.1, 0.15) is 5.75 Å². The average molecular weight is 429 g/mol. The first-order valence-corrected chi connectivity index (χ1v) is 10.4. The van der Waals surface area contributed by atoms with E-state index in [1.165, 1.54) is 0 Å². The minimum atomic E-state index is -0.177. The lowest BCUT2D eigenvalue weighted by Gasteiger charge is -2.07. The number of methoxy groups -OCH3 is 1. The van der Waals surface area contributed by atoms with Crippen LogP contribution in [0.3, 0.4) is 0 Å². The fraction of sp³-hybridized carbons (Fsp3) is 0.333. The summed E-state index contributed by atoms with van der Waals surface area (Å²) in [6, 6.07) is 14.6. The van der Waals surface area contributed by atoms with Crippen molar-refractivity contribution in [1.82, 2.24) is 4.57 Å². The minimum absolute atomic E-state index is 0.0654. The van der Waals surface area contributed by atoms with Crippen molar-refractivity contribution in [3.8, 4) is 5.75 Å². The van der Waals surface area contributed by atoms with Gasteiger partial charge in [0.15, 0.2) is 0 Å². The maximum absolute atomic E-state index is 12.7. The van der Waals surface area contributed by atoms with Crippen molar-refractivity contribution >= 4 is 34.3 Å². The van der Waals surface area contributed by atoms with Gasteiger partial charge < -0.3 is 10.5 Å². The van der Waals surface area contributed by atoms with E-state index in [0.717, 1.165) is 35.2 Å². The molecule has 30 heavy (non-hydrogen) atoms. The number of carbonyl (C=O) groups is 2. The molecule has 6 heteroatoms. The van der Waals surface area contributed by atoms with E-state index in [1.54, 1.807) is 35.9 Å². The Hall–Kier alpha value is -2.79. The second kappa shape index (κ2) is 10.8. The predicted molar refractivity (Wildman–Crippen MR) is 122 cm³/mol. The molecule has 0 aliphatic rings. The third-order valence-corrected chi connectivity index (χ3v) is 5.38. The zero-order chi connectivity index (χ0) is 22.3. The van der Waals surface area contributed by atoms with Crippen LogP contribution in [0.4, 0.5) is 0 Å². The van der Waals surface area contributed by atoms with Gasteiger partial charge in [0.05, 0.1) is 12.6 Å². The smallest absolute Gasteiger partial charge is 0.262 e. The summed E-state index contributed by atoms with van der Waals surface area (Å²) < 4.78 is 6.93. The van der Waals surface area contributed by atoms with E-state index in [4.69, 9.17) is 22.1 Å². The SMILES string of the molecule is CCC(CC)CC(N)=O.COc1ccc2c(c1)cc(C)n2C(=O)c1ccc(Cl)cc1. The molecule has 2 N–H and O–H groups in total. The number of primary amides is 1. The molecule has 3 rings (SSSR count). The van der Waals surface area contributed by atoms with Crippen molar-refractivity contribution in [3.05, 3.63) is 64.8 Å². The molecule has 0 bridgehead atoms. The number of amides is 1. The molecular weight excluding hydrogens is 400 g/mol. The fourth-order valence-electron chi connectivity index (χ4n) is 3.31. The normalized spacial score (nSPS) is 10.6. The molecule has 5 nitrogen and oxygen atoms in total. The van der Waals surface area contributed by atoms with Crippen molar-refractivity contribution in [2.24, 2.45) is 11.7 Å². The van der Waals surface area contributed by atoms with Gasteiger partial charge in [-0.05, 0) is 61.4 Å². The third-order valence-electron chi connectivity index (χ3n) is 5.13. The van der Waals surface area contributed by atoms with Crippen molar-refractivity contribution in [1.29, 1.82) is 0 Å². The molecule has 2 aromatic carbocycles. The van der Waals surface area contributed by atoms with Crippen LogP contribution in [0.1, 0.15) is 49.2 Å². The average Bonchev–Trinajstić information content (AvgIpc) is 3.07. The molecule has 160 valence electrons. The largest absolute Gasteiger partial charge is 0.497 e. The third kappa shape index (κ3) is 5.86. The summed E-state index contributed by atoms with van der Waals surface area (Å²) in [6.45, 7) is 6.08. The van der Waals surface area contributed by atoms with Gasteiger partial charge in [-0.25, -0.2) is 0 Å². The Balaban J connectivity index is 0.000000303. The molecule has 1 aromatic heterocycles. The Morgan fingerprint density at radius 1 is 1.07 bits per heavy atom. The highest BCUT2D eigenvalue weighted by Crippen LogP contribution is 2.25. The van der Waals surface area contributed by atoms with E-state index in [1.807, 2.05) is 31.2 Å². The molecule has 0 fully saturated rings. The zero-order valence-corrected chi connectivity index (χ0v) is 18.7. The van der Waals surface area contributed by atoms with Crippen LogP contribution in [0.2, 0.25) is 5.02 Å². The van der Waals surface area contributed by atoms with Gasteiger partial charge in [0.2, 0.25) is 5.91 Å². The van der Waals surface area contributed by atoms with E-state index < -0.39 is 0 Å². The summed E-state index contributed by atoms with van der Waals surface area (Å²) in [5.41, 5.74) is 7.37. The van der Waals surface area contributed by atoms with Crippen molar-refractivity contribution in [2.75, 3.05) is 7.11 Å². The molecule has 1 amide bonds. The first-order chi connectivity index (χ1) is 14.3. The number of carbonyl (C=O) groups excluding carboxylic acids is 2. The number of hydrogen-bond acceptors (Lipinski definition) is 3. The van der Waals surface area contributed by atoms with Gasteiger partial charge in [-0.1, -0.05) is 38.3 Å². The molecule has 0 radical (unpaired) electrons. The highest BCUT2D eigenvalue weighted by atomic mass is 35.5. The van der Waals surface area contributed by atoms with Crippen molar-refractivity contribution in [3.63, 3.8) is 0 Å². The molecule has 1 heterocycles. The number of halogens is 1. The number of aryl methyl sites for hydroxylation is 1. The van der Waals surface area contributed by atoms with Crippen LogP contribution in [-0.4, -0.2) is 23.5 Å². The molecule has 0 unspecified atom stereocenters. The summed E-state index contributed by atoms with van der Waals surface area (Å²) in [5.74, 6) is 1.04. The topological polar surface area (TPSA) is 74.3 Å². The Bertz CT molecular complexity index is 1010. The highest BCUT2D eigenvalue weighted by Gasteiger charge is 2.15. The summed E-state index contributed by atoms with van der Waals surface area (Å²) in [6.07, 6.45) is 2.66. The summed E-state index contributed by atoms with van der Waals surface area (Å²) in [4.78, 5) is 23.0. The van der Waals surface area contributed by atoms with Crippen LogP contribution < -0.4 is 10.5 Å². The van der Waals surface area contributed by atoms with E-state index in [-0.39, 0.29) is 11.8 Å². The molecule has 0 saturated heterocycles. The number of aromatic nitrogens is 1. The molecule has 3 aromatic rings. The van der Waals surface area contributed by atoms with Gasteiger partial charge in [-0.3, -0.25) is 14.2 Å². The number of benzene rings is 2. The quantitative estimate of drug-likeness (QED) is 0.555. The van der Waals surface area contributed by atoms with Gasteiger partial charge >= 0.3 is 0 Å². The van der Waals surface area contributed by atoms with Crippen LogP contribution in [-0.2, 0) is 4.79 Å². The number of nitrogens with zero attached hydrogens (tertiary/aromatic N) is 1. The van der Waals surface area contributed by atoms with Crippen molar-refractivity contribution in [2.45, 2.75) is 40.0 Å². The van der Waals surface area contributed by atoms with Crippen LogP contribution in [0.25, 0.3) is 10.9 Å². The molecule has 0 spiro atoms. The van der Waals surface area contributed by atoms with Crippen LogP contribution >= 0.6 is 11.6 Å². The van der Waals surface area contributed by atoms with Crippen LogP contribution in [0.15, 0.2) is 48.5 Å². The van der Waals surface area contributed by atoms with Gasteiger partial charge in [0, 0.05) is 28.1 Å². The van der Waals surface area contributed by atoms with Gasteiger partial charge in [-0.15, -0.1) is 0 Å². The number of ether oxygens (including phenoxy) is 1. The van der Waals surface area contributed by atoms with Crippen molar-refractivity contribution < 1.29 is 14.3 Å². The highest BCUT2D eigenvalue weighted by molar-refractivity contribution is 6.30. The summed E-state index contributed by atoms with van der Waals surface area (Å²) in [7, 11) is 1.63. The van der Waals surface area contributed by atoms with E-state index >= 15 is 0 Å². The Kier molecular flexibility index (Phi) is 8.48. The maximum atomic E-state index is 12.7. The van der Waals surface area contributed by atoms with Crippen LogP contribution in [0, 0.1) is 12.8 Å². The number of hydrogen-bond donors (Lipinski definition) is 1. The number of rotatable bonds is 6. The van der Waals surface area contributed by atoms with Crippen LogP contribution in [0.5, 0.6) is 5.75 Å². The Morgan fingerprint density at radius 2 is 1.70 bits per heavy atom. The second-order valence-electron chi connectivity index (χ2n) is 7.21. The summed E-state index contributed by atoms with van der Waals surface area (Å²) in [5, 5.41) is 1.60. The van der Waals surface area contributed by atoms with E-state index in [0.29, 0.717) is 22.9 Å². The van der Waals surface area contributed by atoms with E-state index in [9.17, 15) is 9.59 Å². The lowest BCUT2D eigenvalue weighted by Crippen LogP contribution is -2.15. The Morgan fingerprint density at radius 3 is 2.20 bits per heavy atom. The monoisotopic (exact) mass is 428 g/mol. The molecule has 0 atom stereocenters. The fourth-order valence-corrected chi connectivity index (χ4v) is 3.44. The van der Waals surface area contributed by atoms with E-state index in [2.05, 4.69) is 13.8 Å². The van der Waals surface area contributed by atoms with Gasteiger partial charge in [0.25, 0.3) is 5.91 Å². The zero-order valence-electron chi connectivity index (χ0n) is 17.9. The number of fused-ring (bicyclic) bond motifs is 1. The van der Waals surface area contributed by atoms with Gasteiger partial charge in [-0.2, -0.15) is 0 Å². The first-order valence-electron chi connectivity index (χ1n) is 10.0. The Labute approximate surface area is 182 Å². The molecular formula is C24H29ClN2O3. The summed E-state index contributed by atoms with van der Waals surface area (Å²) >= 11 is 5.87. The lowest BCUT2D eigenvalue weighted by molar-refractivity contribution is -0.118. The standard InChI is InChI=1S/C17H14ClNO2.C7H15NO/c1-11-9-13-10-15(21-2)7-8-16(13)19(11)17(20)12-3-5-14(18)6-4-12;1-3-6(4-2)5-7(8)9/h3-10H,1-2H3;6H,3-5H2,1-2H3,(H2,8,9). The molecule has 0 aliphatic carbocycles.